The Morgan fingerprint density at radius 2 is 1.74 bits per heavy atom. The van der Waals surface area contributed by atoms with Gasteiger partial charge in [-0.3, -0.25) is 9.89 Å². The highest BCUT2D eigenvalue weighted by Crippen LogP contribution is 2.25. The van der Waals surface area contributed by atoms with E-state index in [-0.39, 0.29) is 23.0 Å². The molecule has 1 aromatic heterocycles. The van der Waals surface area contributed by atoms with Crippen LogP contribution in [0.5, 0.6) is 0 Å². The van der Waals surface area contributed by atoms with Crippen LogP contribution in [0.4, 0.5) is 5.69 Å². The van der Waals surface area contributed by atoms with Crippen LogP contribution in [0.25, 0.3) is 11.4 Å². The Balaban J connectivity index is 1.53. The minimum atomic E-state index is -0.385. The van der Waals surface area contributed by atoms with Gasteiger partial charge < -0.3 is 10.1 Å². The molecule has 0 fully saturated rings. The highest BCUT2D eigenvalue weighted by Gasteiger charge is 2.14. The molecule has 0 atom stereocenters. The number of carbonyl (C=O) groups is 2. The van der Waals surface area contributed by atoms with Crippen LogP contribution in [0.15, 0.2) is 53.7 Å². The predicted octanol–water partition coefficient (Wildman–Crippen LogP) is 4.68. The molecule has 0 aliphatic carbocycles. The second kappa shape index (κ2) is 9.78. The lowest BCUT2D eigenvalue weighted by Gasteiger charge is -2.18. The summed E-state index contributed by atoms with van der Waals surface area (Å²) in [5, 5.41) is 10.4. The van der Waals surface area contributed by atoms with Gasteiger partial charge in [0.05, 0.1) is 17.9 Å². The van der Waals surface area contributed by atoms with Gasteiger partial charge in [0.15, 0.2) is 5.82 Å². The molecule has 2 N–H and O–H groups in total. The highest BCUT2D eigenvalue weighted by molar-refractivity contribution is 7.99. The van der Waals surface area contributed by atoms with Crippen molar-refractivity contribution >= 4 is 29.3 Å². The molecule has 7 nitrogen and oxygen atoms in total. The van der Waals surface area contributed by atoms with Crippen molar-refractivity contribution in [3.63, 3.8) is 0 Å². The van der Waals surface area contributed by atoms with Gasteiger partial charge in [0.25, 0.3) is 0 Å². The second-order valence-electron chi connectivity index (χ2n) is 7.93. The summed E-state index contributed by atoms with van der Waals surface area (Å²) in [5.41, 5.74) is 3.33. The van der Waals surface area contributed by atoms with Crippen LogP contribution in [0.2, 0.25) is 0 Å². The van der Waals surface area contributed by atoms with E-state index < -0.39 is 0 Å². The van der Waals surface area contributed by atoms with Crippen LogP contribution >= 0.6 is 11.8 Å². The third kappa shape index (κ3) is 6.18. The molecule has 0 spiro atoms. The van der Waals surface area contributed by atoms with Crippen molar-refractivity contribution in [2.75, 3.05) is 17.7 Å². The van der Waals surface area contributed by atoms with Gasteiger partial charge in [0.2, 0.25) is 11.1 Å². The Labute approximate surface area is 186 Å². The Morgan fingerprint density at radius 1 is 1.06 bits per heavy atom. The van der Waals surface area contributed by atoms with Gasteiger partial charge in [-0.15, -0.1) is 5.10 Å². The molecule has 31 heavy (non-hydrogen) atoms. The van der Waals surface area contributed by atoms with Crippen molar-refractivity contribution in [2.45, 2.75) is 38.3 Å². The number of carbonyl (C=O) groups excluding carboxylic acids is 2. The quantitative estimate of drug-likeness (QED) is 0.411. The number of amides is 1. The average molecular weight is 439 g/mol. The molecular weight excluding hydrogens is 412 g/mol. The second-order valence-corrected chi connectivity index (χ2v) is 8.87. The number of rotatable bonds is 7. The molecular formula is C23H26N4O3S. The molecule has 0 bridgehead atoms. The lowest BCUT2D eigenvalue weighted by molar-refractivity contribution is -0.113. The number of anilines is 1. The molecule has 162 valence electrons. The van der Waals surface area contributed by atoms with Crippen LogP contribution in [-0.2, 0) is 14.9 Å². The molecule has 2 aromatic carbocycles. The molecule has 0 aliphatic heterocycles. The highest BCUT2D eigenvalue weighted by atomic mass is 32.2. The third-order valence-electron chi connectivity index (χ3n) is 4.50. The minimum absolute atomic E-state index is 0.0907. The Bertz CT molecular complexity index is 1040. The molecule has 8 heteroatoms. The Hall–Kier alpha value is -3.13. The van der Waals surface area contributed by atoms with Crippen LogP contribution in [0.1, 0.15) is 43.6 Å². The van der Waals surface area contributed by atoms with E-state index in [1.807, 2.05) is 12.1 Å². The number of aromatic amines is 1. The minimum Gasteiger partial charge on any atom is -0.462 e. The largest absolute Gasteiger partial charge is 0.462 e. The summed E-state index contributed by atoms with van der Waals surface area (Å²) in [6.45, 7) is 8.59. The first-order valence-corrected chi connectivity index (χ1v) is 11.0. The summed E-state index contributed by atoms with van der Waals surface area (Å²) in [7, 11) is 0. The Morgan fingerprint density at radius 3 is 2.35 bits per heavy atom. The van der Waals surface area contributed by atoms with Gasteiger partial charge in [-0.2, -0.15) is 0 Å². The fourth-order valence-electron chi connectivity index (χ4n) is 2.80. The number of benzene rings is 2. The van der Waals surface area contributed by atoms with E-state index in [4.69, 9.17) is 4.74 Å². The van der Waals surface area contributed by atoms with E-state index in [0.717, 1.165) is 5.56 Å². The van der Waals surface area contributed by atoms with Crippen molar-refractivity contribution in [3.8, 4) is 11.4 Å². The zero-order valence-corrected chi connectivity index (χ0v) is 18.9. The van der Waals surface area contributed by atoms with E-state index in [0.29, 0.717) is 28.8 Å². The molecule has 1 heterocycles. The summed E-state index contributed by atoms with van der Waals surface area (Å²) in [5.74, 6) is 0.261. The molecule has 0 saturated heterocycles. The SMILES string of the molecule is CCOC(=O)c1ccc(NC(=O)CSc2n[nH]c(-c3ccc(C(C)(C)C)cc3)n2)cc1. The van der Waals surface area contributed by atoms with Crippen molar-refractivity contribution in [2.24, 2.45) is 0 Å². The molecule has 0 radical (unpaired) electrons. The van der Waals surface area contributed by atoms with E-state index in [1.165, 1.54) is 17.3 Å². The number of thioether (sulfide) groups is 1. The smallest absolute Gasteiger partial charge is 0.338 e. The lowest BCUT2D eigenvalue weighted by atomic mass is 9.87. The first-order chi connectivity index (χ1) is 14.8. The Kier molecular flexibility index (Phi) is 7.12. The van der Waals surface area contributed by atoms with E-state index >= 15 is 0 Å². The van der Waals surface area contributed by atoms with Crippen LogP contribution in [0.3, 0.4) is 0 Å². The zero-order valence-electron chi connectivity index (χ0n) is 18.1. The molecule has 3 rings (SSSR count). The normalized spacial score (nSPS) is 11.2. The van der Waals surface area contributed by atoms with Gasteiger partial charge in [-0.25, -0.2) is 9.78 Å². The van der Waals surface area contributed by atoms with Crippen molar-refractivity contribution < 1.29 is 14.3 Å². The van der Waals surface area contributed by atoms with Gasteiger partial charge in [0, 0.05) is 11.3 Å². The summed E-state index contributed by atoms with van der Waals surface area (Å²) in [4.78, 5) is 28.4. The van der Waals surface area contributed by atoms with E-state index in [2.05, 4.69) is 53.4 Å². The van der Waals surface area contributed by atoms with Crippen LogP contribution in [0, 0.1) is 0 Å². The number of esters is 1. The number of H-pyrrole nitrogens is 1. The number of hydrogen-bond donors (Lipinski definition) is 2. The predicted molar refractivity (Wildman–Crippen MR) is 122 cm³/mol. The first kappa shape index (κ1) is 22.6. The maximum atomic E-state index is 12.2. The molecule has 0 saturated carbocycles. The van der Waals surface area contributed by atoms with E-state index in [9.17, 15) is 9.59 Å². The summed E-state index contributed by atoms with van der Waals surface area (Å²) in [6, 6.07) is 14.8. The van der Waals surface area contributed by atoms with Gasteiger partial charge >= 0.3 is 5.97 Å². The lowest BCUT2D eigenvalue weighted by Crippen LogP contribution is -2.14. The van der Waals surface area contributed by atoms with Crippen molar-refractivity contribution in [3.05, 3.63) is 59.7 Å². The topological polar surface area (TPSA) is 97.0 Å². The number of aromatic nitrogens is 3. The number of hydrogen-bond acceptors (Lipinski definition) is 6. The first-order valence-electron chi connectivity index (χ1n) is 9.99. The van der Waals surface area contributed by atoms with Gasteiger partial charge in [-0.1, -0.05) is 56.8 Å². The van der Waals surface area contributed by atoms with Gasteiger partial charge in [0.1, 0.15) is 0 Å². The maximum absolute atomic E-state index is 12.2. The fourth-order valence-corrected chi connectivity index (χ4v) is 3.40. The van der Waals surface area contributed by atoms with E-state index in [1.54, 1.807) is 31.2 Å². The average Bonchev–Trinajstić information content (AvgIpc) is 3.21. The number of nitrogens with one attached hydrogen (secondary N) is 2. The molecule has 1 amide bonds. The fraction of sp³-hybridized carbons (Fsp3) is 0.304. The standard InChI is InChI=1S/C23H26N4O3S/c1-5-30-21(29)16-8-12-18(13-9-16)24-19(28)14-31-22-25-20(26-27-22)15-6-10-17(11-7-15)23(2,3)4/h6-13H,5,14H2,1-4H3,(H,24,28)(H,25,26,27). The summed E-state index contributed by atoms with van der Waals surface area (Å²) in [6.07, 6.45) is 0. The molecule has 0 unspecified atom stereocenters. The zero-order chi connectivity index (χ0) is 22.4. The summed E-state index contributed by atoms with van der Waals surface area (Å²) < 4.78 is 4.94. The summed E-state index contributed by atoms with van der Waals surface area (Å²) >= 11 is 1.25. The number of nitrogens with zero attached hydrogens (tertiary/aromatic N) is 2. The van der Waals surface area contributed by atoms with Crippen LogP contribution < -0.4 is 5.32 Å². The van der Waals surface area contributed by atoms with Gasteiger partial charge in [-0.05, 0) is 42.2 Å². The third-order valence-corrected chi connectivity index (χ3v) is 5.35. The number of ether oxygens (including phenoxy) is 1. The van der Waals surface area contributed by atoms with Crippen molar-refractivity contribution in [1.29, 1.82) is 0 Å². The molecule has 3 aromatic rings. The molecule has 0 aliphatic rings. The van der Waals surface area contributed by atoms with Crippen molar-refractivity contribution in [1.82, 2.24) is 15.2 Å². The maximum Gasteiger partial charge on any atom is 0.338 e. The monoisotopic (exact) mass is 438 g/mol. The van der Waals surface area contributed by atoms with Crippen LogP contribution in [-0.4, -0.2) is 39.4 Å².